The Morgan fingerprint density at radius 2 is 1.90 bits per heavy atom. The van der Waals surface area contributed by atoms with E-state index < -0.39 is 5.97 Å². The number of carboxylic acid groups (broad SMARTS) is 1. The zero-order chi connectivity index (χ0) is 15.0. The number of ether oxygens (including phenoxy) is 1. The third kappa shape index (κ3) is 2.12. The molecule has 0 aliphatic heterocycles. The Kier molecular flexibility index (Phi) is 3.10. The van der Waals surface area contributed by atoms with Crippen LogP contribution in [0.3, 0.4) is 0 Å². The molecule has 1 aromatic heterocycles. The SMILES string of the molecule is COc1cccc2c(-c3ccc(F)cc3)c(C(=O)O)[nH]c12. The van der Waals surface area contributed by atoms with Crippen molar-refractivity contribution in [2.24, 2.45) is 0 Å². The van der Waals surface area contributed by atoms with Crippen molar-refractivity contribution in [3.05, 3.63) is 54.0 Å². The molecular weight excluding hydrogens is 273 g/mol. The number of nitrogens with one attached hydrogen (secondary N) is 1. The van der Waals surface area contributed by atoms with E-state index in [9.17, 15) is 14.3 Å². The molecule has 2 N–H and O–H groups in total. The number of aromatic nitrogens is 1. The Balaban J connectivity index is 2.36. The maximum absolute atomic E-state index is 13.1. The van der Waals surface area contributed by atoms with Crippen LogP contribution < -0.4 is 4.74 Å². The van der Waals surface area contributed by atoms with Crippen LogP contribution in [-0.4, -0.2) is 23.2 Å². The van der Waals surface area contributed by atoms with Gasteiger partial charge < -0.3 is 14.8 Å². The number of benzene rings is 2. The highest BCUT2D eigenvalue weighted by Crippen LogP contribution is 2.36. The number of fused-ring (bicyclic) bond motifs is 1. The Labute approximate surface area is 119 Å². The molecular formula is C16H12FNO3. The number of H-pyrrole nitrogens is 1. The number of aromatic amines is 1. The van der Waals surface area contributed by atoms with E-state index in [4.69, 9.17) is 4.74 Å². The van der Waals surface area contributed by atoms with E-state index in [-0.39, 0.29) is 11.5 Å². The van der Waals surface area contributed by atoms with Gasteiger partial charge in [0.1, 0.15) is 17.3 Å². The Bertz CT molecular complexity index is 821. The molecule has 0 unspecified atom stereocenters. The van der Waals surface area contributed by atoms with Gasteiger partial charge in [-0.05, 0) is 23.8 Å². The number of para-hydroxylation sites is 1. The molecule has 0 radical (unpaired) electrons. The van der Waals surface area contributed by atoms with Crippen molar-refractivity contribution in [2.75, 3.05) is 7.11 Å². The molecule has 21 heavy (non-hydrogen) atoms. The van der Waals surface area contributed by atoms with Crippen LogP contribution in [0.5, 0.6) is 5.75 Å². The first-order chi connectivity index (χ1) is 10.1. The lowest BCUT2D eigenvalue weighted by Gasteiger charge is -2.03. The van der Waals surface area contributed by atoms with Crippen LogP contribution in [-0.2, 0) is 0 Å². The lowest BCUT2D eigenvalue weighted by molar-refractivity contribution is 0.0692. The smallest absolute Gasteiger partial charge is 0.352 e. The third-order valence-corrected chi connectivity index (χ3v) is 3.36. The lowest BCUT2D eigenvalue weighted by atomic mass is 10.0. The van der Waals surface area contributed by atoms with Crippen molar-refractivity contribution < 1.29 is 19.0 Å². The number of hydrogen-bond acceptors (Lipinski definition) is 2. The molecule has 0 spiro atoms. The predicted octanol–water partition coefficient (Wildman–Crippen LogP) is 3.68. The van der Waals surface area contributed by atoms with E-state index in [0.717, 1.165) is 5.39 Å². The molecule has 0 atom stereocenters. The van der Waals surface area contributed by atoms with Crippen LogP contribution in [0.25, 0.3) is 22.0 Å². The number of halogens is 1. The maximum Gasteiger partial charge on any atom is 0.352 e. The van der Waals surface area contributed by atoms with Crippen molar-refractivity contribution in [3.63, 3.8) is 0 Å². The van der Waals surface area contributed by atoms with Gasteiger partial charge in [0, 0.05) is 10.9 Å². The van der Waals surface area contributed by atoms with Crippen LogP contribution >= 0.6 is 0 Å². The van der Waals surface area contributed by atoms with Gasteiger partial charge in [-0.25, -0.2) is 9.18 Å². The number of aromatic carboxylic acids is 1. The number of hydrogen-bond donors (Lipinski definition) is 2. The predicted molar refractivity (Wildman–Crippen MR) is 77.2 cm³/mol. The first kappa shape index (κ1) is 13.2. The molecule has 106 valence electrons. The van der Waals surface area contributed by atoms with Crippen LogP contribution in [0.1, 0.15) is 10.5 Å². The molecule has 0 aliphatic carbocycles. The number of methoxy groups -OCH3 is 1. The summed E-state index contributed by atoms with van der Waals surface area (Å²) < 4.78 is 18.3. The van der Waals surface area contributed by atoms with Crippen LogP contribution in [0.15, 0.2) is 42.5 Å². The molecule has 1 heterocycles. The summed E-state index contributed by atoms with van der Waals surface area (Å²) >= 11 is 0. The average Bonchev–Trinajstić information content (AvgIpc) is 2.87. The average molecular weight is 285 g/mol. The van der Waals surface area contributed by atoms with Gasteiger partial charge in [0.15, 0.2) is 0 Å². The Morgan fingerprint density at radius 3 is 2.52 bits per heavy atom. The van der Waals surface area contributed by atoms with Crippen LogP contribution in [0.4, 0.5) is 4.39 Å². The molecule has 4 nitrogen and oxygen atoms in total. The van der Waals surface area contributed by atoms with Gasteiger partial charge in [0.25, 0.3) is 0 Å². The van der Waals surface area contributed by atoms with Crippen molar-refractivity contribution in [1.29, 1.82) is 0 Å². The highest BCUT2D eigenvalue weighted by atomic mass is 19.1. The molecule has 0 amide bonds. The summed E-state index contributed by atoms with van der Waals surface area (Å²) in [4.78, 5) is 14.4. The number of carbonyl (C=O) groups is 1. The van der Waals surface area contributed by atoms with Crippen molar-refractivity contribution >= 4 is 16.9 Å². The largest absolute Gasteiger partial charge is 0.495 e. The van der Waals surface area contributed by atoms with Gasteiger partial charge in [0.05, 0.1) is 12.6 Å². The minimum atomic E-state index is -1.08. The lowest BCUT2D eigenvalue weighted by Crippen LogP contribution is -1.98. The molecule has 3 aromatic rings. The second kappa shape index (κ2) is 4.94. The summed E-state index contributed by atoms with van der Waals surface area (Å²) in [5.74, 6) is -0.885. The molecule has 2 aromatic carbocycles. The first-order valence-electron chi connectivity index (χ1n) is 6.29. The molecule has 5 heteroatoms. The summed E-state index contributed by atoms with van der Waals surface area (Å²) in [5.41, 5.74) is 1.82. The molecule has 0 aliphatic rings. The normalized spacial score (nSPS) is 10.8. The highest BCUT2D eigenvalue weighted by molar-refractivity contribution is 6.08. The molecule has 3 rings (SSSR count). The van der Waals surface area contributed by atoms with Gasteiger partial charge in [-0.15, -0.1) is 0 Å². The summed E-state index contributed by atoms with van der Waals surface area (Å²) in [6.07, 6.45) is 0. The van der Waals surface area contributed by atoms with E-state index in [2.05, 4.69) is 4.98 Å². The summed E-state index contributed by atoms with van der Waals surface area (Å²) in [6, 6.07) is 11.1. The monoisotopic (exact) mass is 285 g/mol. The van der Waals surface area contributed by atoms with Crippen LogP contribution in [0, 0.1) is 5.82 Å². The van der Waals surface area contributed by atoms with E-state index in [0.29, 0.717) is 22.4 Å². The quantitative estimate of drug-likeness (QED) is 0.771. The van der Waals surface area contributed by atoms with Gasteiger partial charge >= 0.3 is 5.97 Å². The standard InChI is InChI=1S/C16H12FNO3/c1-21-12-4-2-3-11-13(9-5-7-10(17)8-6-9)15(16(19)20)18-14(11)12/h2-8,18H,1H3,(H,19,20). The molecule has 0 bridgehead atoms. The fourth-order valence-electron chi connectivity index (χ4n) is 2.44. The van der Waals surface area contributed by atoms with E-state index in [1.165, 1.54) is 19.2 Å². The Hall–Kier alpha value is -2.82. The minimum Gasteiger partial charge on any atom is -0.495 e. The van der Waals surface area contributed by atoms with Gasteiger partial charge in [0.2, 0.25) is 0 Å². The summed E-state index contributed by atoms with van der Waals surface area (Å²) in [7, 11) is 1.52. The zero-order valence-electron chi connectivity index (χ0n) is 11.2. The number of carboxylic acids is 1. The van der Waals surface area contributed by atoms with Crippen molar-refractivity contribution in [1.82, 2.24) is 4.98 Å². The molecule has 0 fully saturated rings. The fourth-order valence-corrected chi connectivity index (χ4v) is 2.44. The fraction of sp³-hybridized carbons (Fsp3) is 0.0625. The number of rotatable bonds is 3. The van der Waals surface area contributed by atoms with Gasteiger partial charge in [-0.2, -0.15) is 0 Å². The first-order valence-corrected chi connectivity index (χ1v) is 6.29. The van der Waals surface area contributed by atoms with Gasteiger partial charge in [-0.3, -0.25) is 0 Å². The van der Waals surface area contributed by atoms with Crippen molar-refractivity contribution in [2.45, 2.75) is 0 Å². The highest BCUT2D eigenvalue weighted by Gasteiger charge is 2.20. The van der Waals surface area contributed by atoms with E-state index >= 15 is 0 Å². The van der Waals surface area contributed by atoms with Gasteiger partial charge in [-0.1, -0.05) is 24.3 Å². The topological polar surface area (TPSA) is 62.3 Å². The van der Waals surface area contributed by atoms with Crippen LogP contribution in [0.2, 0.25) is 0 Å². The Morgan fingerprint density at radius 1 is 1.19 bits per heavy atom. The molecule has 0 saturated heterocycles. The minimum absolute atomic E-state index is 0.0566. The van der Waals surface area contributed by atoms with E-state index in [1.54, 1.807) is 30.3 Å². The van der Waals surface area contributed by atoms with E-state index in [1.807, 2.05) is 0 Å². The molecule has 0 saturated carbocycles. The summed E-state index contributed by atoms with van der Waals surface area (Å²) in [6.45, 7) is 0. The summed E-state index contributed by atoms with van der Waals surface area (Å²) in [5, 5.41) is 10.1. The maximum atomic E-state index is 13.1. The second-order valence-electron chi connectivity index (χ2n) is 4.57. The third-order valence-electron chi connectivity index (χ3n) is 3.36. The van der Waals surface area contributed by atoms with Crippen molar-refractivity contribution in [3.8, 4) is 16.9 Å². The second-order valence-corrected chi connectivity index (χ2v) is 4.57. The zero-order valence-corrected chi connectivity index (χ0v) is 11.2.